The Bertz CT molecular complexity index is 579. The van der Waals surface area contributed by atoms with Gasteiger partial charge < -0.3 is 10.1 Å². The zero-order chi connectivity index (χ0) is 14.6. The van der Waals surface area contributed by atoms with Gasteiger partial charge in [0.1, 0.15) is 11.3 Å². The molecule has 2 rings (SSSR count). The maximum atomic E-state index is 11.8. The quantitative estimate of drug-likeness (QED) is 0.882. The molecule has 1 aliphatic carbocycles. The third-order valence-electron chi connectivity index (χ3n) is 3.38. The second-order valence-corrected chi connectivity index (χ2v) is 5.06. The zero-order valence-corrected chi connectivity index (χ0v) is 11.2. The Labute approximate surface area is 117 Å². The van der Waals surface area contributed by atoms with Gasteiger partial charge in [-0.2, -0.15) is 10.5 Å². The van der Waals surface area contributed by atoms with E-state index in [1.54, 1.807) is 31.2 Å². The fourth-order valence-electron chi connectivity index (χ4n) is 1.98. The average Bonchev–Trinajstić information content (AvgIpc) is 3.30. The number of benzene rings is 1. The molecule has 0 spiro atoms. The van der Waals surface area contributed by atoms with Gasteiger partial charge >= 0.3 is 0 Å². The molecule has 1 unspecified atom stereocenters. The number of hydrogen-bond donors (Lipinski definition) is 1. The molecule has 1 aromatic carbocycles. The molecule has 20 heavy (non-hydrogen) atoms. The molecule has 0 aromatic heterocycles. The molecule has 5 heteroatoms. The Morgan fingerprint density at radius 2 is 2.05 bits per heavy atom. The van der Waals surface area contributed by atoms with Crippen LogP contribution in [0.15, 0.2) is 24.3 Å². The van der Waals surface area contributed by atoms with Crippen molar-refractivity contribution in [3.05, 3.63) is 29.8 Å². The third kappa shape index (κ3) is 3.27. The molecule has 1 fully saturated rings. The summed E-state index contributed by atoms with van der Waals surface area (Å²) >= 11 is 0. The number of carbonyl (C=O) groups excluding carboxylic acids is 1. The summed E-state index contributed by atoms with van der Waals surface area (Å²) in [7, 11) is 0. The lowest BCUT2D eigenvalue weighted by Gasteiger charge is -2.22. The molecule has 1 aromatic rings. The van der Waals surface area contributed by atoms with Gasteiger partial charge in [-0.25, -0.2) is 0 Å². The topological polar surface area (TPSA) is 85.9 Å². The summed E-state index contributed by atoms with van der Waals surface area (Å²) in [4.78, 5) is 11.8. The van der Waals surface area contributed by atoms with E-state index >= 15 is 0 Å². The largest absolute Gasteiger partial charge is 0.484 e. The van der Waals surface area contributed by atoms with Crippen molar-refractivity contribution < 1.29 is 9.53 Å². The minimum absolute atomic E-state index is 0.143. The van der Waals surface area contributed by atoms with Crippen molar-refractivity contribution in [1.29, 1.82) is 10.5 Å². The van der Waals surface area contributed by atoms with E-state index in [9.17, 15) is 4.79 Å². The number of carbonyl (C=O) groups is 1. The van der Waals surface area contributed by atoms with Gasteiger partial charge in [0.2, 0.25) is 0 Å². The zero-order valence-electron chi connectivity index (χ0n) is 11.2. The first-order chi connectivity index (χ1) is 9.57. The van der Waals surface area contributed by atoms with Crippen LogP contribution in [0.1, 0.15) is 25.3 Å². The van der Waals surface area contributed by atoms with Gasteiger partial charge in [0, 0.05) is 0 Å². The smallest absolute Gasteiger partial charge is 0.259 e. The highest BCUT2D eigenvalue weighted by Crippen LogP contribution is 2.39. The summed E-state index contributed by atoms with van der Waals surface area (Å²) in [6.45, 7) is 1.60. The lowest BCUT2D eigenvalue weighted by Crippen LogP contribution is -2.48. The molecule has 5 nitrogen and oxygen atoms in total. The van der Waals surface area contributed by atoms with Crippen LogP contribution in [0.25, 0.3) is 0 Å². The standard InChI is InChI=1S/C15H15N3O2/c1-15(10-17,12-4-5-12)18-14(19)9-20-13-6-2-11(8-16)3-7-13/h2-3,6-7,12H,4-5,9H2,1H3,(H,18,19). The second kappa shape index (κ2) is 5.63. The van der Waals surface area contributed by atoms with E-state index in [0.29, 0.717) is 11.3 Å². The van der Waals surface area contributed by atoms with Crippen LogP contribution >= 0.6 is 0 Å². The number of nitriles is 2. The Balaban J connectivity index is 1.86. The summed E-state index contributed by atoms with van der Waals surface area (Å²) in [6, 6.07) is 10.7. The molecular weight excluding hydrogens is 254 g/mol. The number of hydrogen-bond acceptors (Lipinski definition) is 4. The SMILES string of the molecule is CC(C#N)(NC(=O)COc1ccc(C#N)cc1)C1CC1. The van der Waals surface area contributed by atoms with E-state index in [2.05, 4.69) is 11.4 Å². The fraction of sp³-hybridized carbons (Fsp3) is 0.400. The Kier molecular flexibility index (Phi) is 3.91. The van der Waals surface area contributed by atoms with Crippen molar-refractivity contribution in [2.45, 2.75) is 25.3 Å². The summed E-state index contributed by atoms with van der Waals surface area (Å²) in [5.41, 5.74) is -0.266. The molecule has 102 valence electrons. The van der Waals surface area contributed by atoms with Crippen molar-refractivity contribution in [2.24, 2.45) is 5.92 Å². The van der Waals surface area contributed by atoms with Crippen LogP contribution in [0, 0.1) is 28.6 Å². The number of amides is 1. The molecule has 0 saturated heterocycles. The average molecular weight is 269 g/mol. The lowest BCUT2D eigenvalue weighted by atomic mass is 9.98. The first-order valence-corrected chi connectivity index (χ1v) is 6.42. The summed E-state index contributed by atoms with van der Waals surface area (Å²) in [5, 5.41) is 20.5. The maximum absolute atomic E-state index is 11.8. The second-order valence-electron chi connectivity index (χ2n) is 5.06. The molecule has 0 radical (unpaired) electrons. The Morgan fingerprint density at radius 1 is 1.40 bits per heavy atom. The van der Waals surface area contributed by atoms with Crippen molar-refractivity contribution in [3.8, 4) is 17.9 Å². The third-order valence-corrected chi connectivity index (χ3v) is 3.38. The minimum atomic E-state index is -0.800. The van der Waals surface area contributed by atoms with Gasteiger partial charge in [-0.3, -0.25) is 4.79 Å². The summed E-state index contributed by atoms with van der Waals surface area (Å²) < 4.78 is 5.33. The number of rotatable bonds is 5. The van der Waals surface area contributed by atoms with Gasteiger partial charge in [-0.1, -0.05) is 0 Å². The van der Waals surface area contributed by atoms with Crippen molar-refractivity contribution >= 4 is 5.91 Å². The molecule has 1 N–H and O–H groups in total. The van der Waals surface area contributed by atoms with Crippen LogP contribution in [0.5, 0.6) is 5.75 Å². The summed E-state index contributed by atoms with van der Waals surface area (Å²) in [6.07, 6.45) is 1.95. The molecule has 0 heterocycles. The summed E-state index contributed by atoms with van der Waals surface area (Å²) in [5.74, 6) is 0.445. The molecule has 1 saturated carbocycles. The van der Waals surface area contributed by atoms with Gasteiger partial charge in [0.25, 0.3) is 5.91 Å². The highest BCUT2D eigenvalue weighted by molar-refractivity contribution is 5.79. The van der Waals surface area contributed by atoms with Gasteiger partial charge in [0.15, 0.2) is 6.61 Å². The first-order valence-electron chi connectivity index (χ1n) is 6.42. The predicted molar refractivity (Wildman–Crippen MR) is 71.5 cm³/mol. The highest BCUT2D eigenvalue weighted by Gasteiger charge is 2.43. The Hall–Kier alpha value is -2.53. The van der Waals surface area contributed by atoms with E-state index in [-0.39, 0.29) is 18.4 Å². The molecule has 1 aliphatic rings. The molecule has 0 aliphatic heterocycles. The molecule has 1 atom stereocenters. The van der Waals surface area contributed by atoms with E-state index in [1.807, 2.05) is 6.07 Å². The van der Waals surface area contributed by atoms with E-state index in [4.69, 9.17) is 15.3 Å². The normalized spacial score (nSPS) is 16.4. The highest BCUT2D eigenvalue weighted by atomic mass is 16.5. The molecule has 0 bridgehead atoms. The predicted octanol–water partition coefficient (Wildman–Crippen LogP) is 1.75. The maximum Gasteiger partial charge on any atom is 0.259 e. The van der Waals surface area contributed by atoms with Crippen LogP contribution in [0.4, 0.5) is 0 Å². The van der Waals surface area contributed by atoms with Crippen LogP contribution in [-0.2, 0) is 4.79 Å². The van der Waals surface area contributed by atoms with Gasteiger partial charge in [-0.15, -0.1) is 0 Å². The van der Waals surface area contributed by atoms with Crippen LogP contribution in [0.2, 0.25) is 0 Å². The van der Waals surface area contributed by atoms with E-state index < -0.39 is 5.54 Å². The van der Waals surface area contributed by atoms with Crippen LogP contribution in [0.3, 0.4) is 0 Å². The number of nitrogens with one attached hydrogen (secondary N) is 1. The number of nitrogens with zero attached hydrogens (tertiary/aromatic N) is 2. The van der Waals surface area contributed by atoms with Gasteiger partial charge in [0.05, 0.1) is 17.7 Å². The Morgan fingerprint density at radius 3 is 2.55 bits per heavy atom. The molecule has 1 amide bonds. The van der Waals surface area contributed by atoms with Crippen LogP contribution < -0.4 is 10.1 Å². The van der Waals surface area contributed by atoms with Crippen molar-refractivity contribution in [1.82, 2.24) is 5.32 Å². The first kappa shape index (κ1) is 13.9. The lowest BCUT2D eigenvalue weighted by molar-refractivity contribution is -0.124. The number of ether oxygens (including phenoxy) is 1. The monoisotopic (exact) mass is 269 g/mol. The minimum Gasteiger partial charge on any atom is -0.484 e. The van der Waals surface area contributed by atoms with Crippen molar-refractivity contribution in [2.75, 3.05) is 6.61 Å². The molecular formula is C15H15N3O2. The van der Waals surface area contributed by atoms with E-state index in [1.165, 1.54) is 0 Å². The van der Waals surface area contributed by atoms with E-state index in [0.717, 1.165) is 12.8 Å². The van der Waals surface area contributed by atoms with Crippen LogP contribution in [-0.4, -0.2) is 18.1 Å². The fourth-order valence-corrected chi connectivity index (χ4v) is 1.98. The van der Waals surface area contributed by atoms with Gasteiger partial charge in [-0.05, 0) is 49.9 Å². The van der Waals surface area contributed by atoms with Crippen molar-refractivity contribution in [3.63, 3.8) is 0 Å².